The first-order valence-corrected chi connectivity index (χ1v) is 10.7. The fourth-order valence-corrected chi connectivity index (χ4v) is 3.58. The fraction of sp³-hybridized carbons (Fsp3) is 0.565. The van der Waals surface area contributed by atoms with Crippen LogP contribution in [0.4, 0.5) is 4.79 Å². The average molecular weight is 401 g/mol. The molecule has 0 aliphatic heterocycles. The Morgan fingerprint density at radius 2 is 1.93 bits per heavy atom. The van der Waals surface area contributed by atoms with Crippen molar-refractivity contribution >= 4 is 6.09 Å². The quantitative estimate of drug-likeness (QED) is 0.566. The van der Waals surface area contributed by atoms with Gasteiger partial charge in [-0.1, -0.05) is 24.9 Å². The van der Waals surface area contributed by atoms with Crippen LogP contribution in [-0.2, 0) is 11.3 Å². The number of aryl methyl sites for hydroxylation is 1. The monoisotopic (exact) mass is 400 g/mol. The molecule has 1 aromatic heterocycles. The van der Waals surface area contributed by atoms with Crippen LogP contribution in [0.15, 0.2) is 28.8 Å². The summed E-state index contributed by atoms with van der Waals surface area (Å²) in [6.07, 6.45) is 8.04. The van der Waals surface area contributed by atoms with Gasteiger partial charge in [0.1, 0.15) is 12.4 Å². The number of benzene rings is 1. The smallest absolute Gasteiger partial charge is 0.409 e. The lowest BCUT2D eigenvalue weighted by Crippen LogP contribution is -2.28. The topological polar surface area (TPSA) is 64.8 Å². The normalized spacial score (nSPS) is 14.6. The van der Waals surface area contributed by atoms with Gasteiger partial charge in [0, 0.05) is 19.2 Å². The first-order chi connectivity index (χ1) is 14.1. The maximum absolute atomic E-state index is 12.2. The number of unbranched alkanes of at least 4 members (excludes halogenated alkanes) is 1. The molecule has 1 aromatic carbocycles. The minimum absolute atomic E-state index is 0.139. The largest absolute Gasteiger partial charge is 0.490 e. The molecule has 0 bridgehead atoms. The molecule has 3 rings (SSSR count). The zero-order valence-corrected chi connectivity index (χ0v) is 17.8. The molecule has 0 radical (unpaired) electrons. The molecule has 0 unspecified atom stereocenters. The summed E-state index contributed by atoms with van der Waals surface area (Å²) in [4.78, 5) is 13.8. The third kappa shape index (κ3) is 5.75. The lowest BCUT2D eigenvalue weighted by molar-refractivity contribution is 0.104. The van der Waals surface area contributed by atoms with Crippen LogP contribution in [-0.4, -0.2) is 35.8 Å². The van der Waals surface area contributed by atoms with Crippen LogP contribution in [0, 0.1) is 6.92 Å². The van der Waals surface area contributed by atoms with E-state index in [4.69, 9.17) is 14.0 Å². The molecule has 29 heavy (non-hydrogen) atoms. The predicted octanol–water partition coefficient (Wildman–Crippen LogP) is 5.73. The number of aromatic nitrogens is 1. The summed E-state index contributed by atoms with van der Waals surface area (Å²) in [5.41, 5.74) is 2.42. The fourth-order valence-electron chi connectivity index (χ4n) is 3.58. The van der Waals surface area contributed by atoms with E-state index in [0.717, 1.165) is 48.3 Å². The minimum atomic E-state index is -0.332. The van der Waals surface area contributed by atoms with Gasteiger partial charge in [0.2, 0.25) is 0 Å². The van der Waals surface area contributed by atoms with Crippen LogP contribution >= 0.6 is 0 Å². The summed E-state index contributed by atoms with van der Waals surface area (Å²) in [5.74, 6) is 1.51. The van der Waals surface area contributed by atoms with Gasteiger partial charge >= 0.3 is 6.09 Å². The van der Waals surface area contributed by atoms with Gasteiger partial charge in [-0.25, -0.2) is 4.79 Å². The van der Waals surface area contributed by atoms with E-state index in [9.17, 15) is 4.79 Å². The number of hydrogen-bond acceptors (Lipinski definition) is 5. The molecule has 2 aromatic rings. The highest BCUT2D eigenvalue weighted by atomic mass is 16.6. The van der Waals surface area contributed by atoms with Crippen LogP contribution in [0.2, 0.25) is 0 Å². The van der Waals surface area contributed by atoms with Crippen molar-refractivity contribution in [2.24, 2.45) is 0 Å². The van der Waals surface area contributed by atoms with Crippen molar-refractivity contribution in [3.8, 4) is 17.1 Å². The van der Waals surface area contributed by atoms with Crippen LogP contribution < -0.4 is 4.74 Å². The van der Waals surface area contributed by atoms with Crippen LogP contribution in [0.25, 0.3) is 11.3 Å². The number of carbonyl (C=O) groups excluding carboxylic acids is 1. The van der Waals surface area contributed by atoms with Crippen LogP contribution in [0.3, 0.4) is 0 Å². The standard InChI is InChI=1S/C23H32N2O4/c1-4-5-15-25(3)23(26)27-16-21-17(2)24-29-22(21)18-11-13-20(14-12-18)28-19-9-7-6-8-10-19/h11-14,19H,4-10,15-16H2,1-3H3. The van der Waals surface area contributed by atoms with Gasteiger partial charge in [0.05, 0.1) is 17.4 Å². The predicted molar refractivity (Wildman–Crippen MR) is 112 cm³/mol. The van der Waals surface area contributed by atoms with E-state index >= 15 is 0 Å². The maximum Gasteiger partial charge on any atom is 0.409 e. The summed E-state index contributed by atoms with van der Waals surface area (Å²) in [7, 11) is 1.75. The van der Waals surface area contributed by atoms with E-state index in [0.29, 0.717) is 18.4 Å². The van der Waals surface area contributed by atoms with E-state index in [1.54, 1.807) is 11.9 Å². The Balaban J connectivity index is 1.63. The van der Waals surface area contributed by atoms with Crippen molar-refractivity contribution in [2.45, 2.75) is 71.5 Å². The van der Waals surface area contributed by atoms with Crippen molar-refractivity contribution in [3.63, 3.8) is 0 Å². The Labute approximate surface area is 173 Å². The lowest BCUT2D eigenvalue weighted by atomic mass is 9.98. The Hall–Kier alpha value is -2.50. The Morgan fingerprint density at radius 3 is 2.62 bits per heavy atom. The maximum atomic E-state index is 12.2. The SMILES string of the molecule is CCCCN(C)C(=O)OCc1c(C)noc1-c1ccc(OC2CCCCC2)cc1. The van der Waals surface area contributed by atoms with Crippen molar-refractivity contribution in [3.05, 3.63) is 35.5 Å². The number of ether oxygens (including phenoxy) is 2. The van der Waals surface area contributed by atoms with Crippen LogP contribution in [0.1, 0.15) is 63.1 Å². The highest BCUT2D eigenvalue weighted by Gasteiger charge is 2.19. The molecular formula is C23H32N2O4. The first kappa shape index (κ1) is 21.2. The van der Waals surface area contributed by atoms with Gasteiger partial charge in [0.25, 0.3) is 0 Å². The lowest BCUT2D eigenvalue weighted by Gasteiger charge is -2.23. The summed E-state index contributed by atoms with van der Waals surface area (Å²) in [5, 5.41) is 4.07. The second-order valence-electron chi connectivity index (χ2n) is 7.81. The molecule has 158 valence electrons. The second kappa shape index (κ2) is 10.3. The molecule has 0 spiro atoms. The number of hydrogen-bond donors (Lipinski definition) is 0. The molecular weight excluding hydrogens is 368 g/mol. The Bertz CT molecular complexity index is 779. The summed E-state index contributed by atoms with van der Waals surface area (Å²) < 4.78 is 17.1. The molecule has 1 aliphatic rings. The van der Waals surface area contributed by atoms with E-state index in [1.807, 2.05) is 31.2 Å². The number of amides is 1. The van der Waals surface area contributed by atoms with Gasteiger partial charge in [0.15, 0.2) is 5.76 Å². The van der Waals surface area contributed by atoms with Gasteiger partial charge in [-0.05, 0) is 63.3 Å². The molecule has 1 aliphatic carbocycles. The molecule has 6 nitrogen and oxygen atoms in total. The van der Waals surface area contributed by atoms with E-state index in [1.165, 1.54) is 19.3 Å². The molecule has 0 saturated heterocycles. The van der Waals surface area contributed by atoms with Gasteiger partial charge in [-0.2, -0.15) is 0 Å². The third-order valence-electron chi connectivity index (χ3n) is 5.45. The van der Waals surface area contributed by atoms with Gasteiger partial charge in [-0.3, -0.25) is 0 Å². The summed E-state index contributed by atoms with van der Waals surface area (Å²) in [6, 6.07) is 7.87. The number of nitrogens with zero attached hydrogens (tertiary/aromatic N) is 2. The average Bonchev–Trinajstić information content (AvgIpc) is 3.11. The zero-order chi connectivity index (χ0) is 20.6. The van der Waals surface area contributed by atoms with Crippen molar-refractivity contribution in [2.75, 3.05) is 13.6 Å². The third-order valence-corrected chi connectivity index (χ3v) is 5.45. The molecule has 1 amide bonds. The Morgan fingerprint density at radius 1 is 1.21 bits per heavy atom. The minimum Gasteiger partial charge on any atom is -0.490 e. The molecule has 0 N–H and O–H groups in total. The van der Waals surface area contributed by atoms with E-state index in [2.05, 4.69) is 12.1 Å². The zero-order valence-electron chi connectivity index (χ0n) is 17.8. The molecule has 0 atom stereocenters. The van der Waals surface area contributed by atoms with E-state index in [-0.39, 0.29) is 12.7 Å². The second-order valence-corrected chi connectivity index (χ2v) is 7.81. The summed E-state index contributed by atoms with van der Waals surface area (Å²) in [6.45, 7) is 4.78. The Kier molecular flexibility index (Phi) is 7.55. The van der Waals surface area contributed by atoms with Crippen molar-refractivity contribution in [1.82, 2.24) is 10.1 Å². The molecule has 1 fully saturated rings. The summed E-state index contributed by atoms with van der Waals surface area (Å²) >= 11 is 0. The number of rotatable bonds is 8. The number of carbonyl (C=O) groups is 1. The molecule has 6 heteroatoms. The van der Waals surface area contributed by atoms with Gasteiger partial charge in [-0.15, -0.1) is 0 Å². The molecule has 1 heterocycles. The highest BCUT2D eigenvalue weighted by Crippen LogP contribution is 2.30. The van der Waals surface area contributed by atoms with Crippen molar-refractivity contribution < 1.29 is 18.8 Å². The van der Waals surface area contributed by atoms with E-state index < -0.39 is 0 Å². The first-order valence-electron chi connectivity index (χ1n) is 10.7. The highest BCUT2D eigenvalue weighted by molar-refractivity contribution is 5.68. The van der Waals surface area contributed by atoms with Crippen molar-refractivity contribution in [1.29, 1.82) is 0 Å². The van der Waals surface area contributed by atoms with Gasteiger partial charge < -0.3 is 18.9 Å². The molecule has 1 saturated carbocycles. The van der Waals surface area contributed by atoms with Crippen LogP contribution in [0.5, 0.6) is 5.75 Å².